The molecular weight excluding hydrogens is 340 g/mol. The number of anilines is 1. The monoisotopic (exact) mass is 360 g/mol. The van der Waals surface area contributed by atoms with Crippen LogP contribution in [0.15, 0.2) is 61.1 Å². The molecule has 0 aliphatic carbocycles. The molecule has 0 radical (unpaired) electrons. The highest BCUT2D eigenvalue weighted by Crippen LogP contribution is 2.17. The van der Waals surface area contributed by atoms with Crippen molar-refractivity contribution in [2.75, 3.05) is 5.32 Å². The molecule has 0 bridgehead atoms. The largest absolute Gasteiger partial charge is 0.347 e. The first kappa shape index (κ1) is 18.3. The summed E-state index contributed by atoms with van der Waals surface area (Å²) < 4.78 is 0. The molecule has 0 aliphatic rings. The highest BCUT2D eigenvalue weighted by Gasteiger charge is 2.13. The van der Waals surface area contributed by atoms with Crippen molar-refractivity contribution in [2.24, 2.45) is 0 Å². The lowest BCUT2D eigenvalue weighted by Gasteiger charge is -2.10. The second kappa shape index (κ2) is 8.23. The van der Waals surface area contributed by atoms with Crippen molar-refractivity contribution >= 4 is 17.5 Å². The van der Waals surface area contributed by atoms with Crippen molar-refractivity contribution in [3.63, 3.8) is 0 Å². The van der Waals surface area contributed by atoms with Gasteiger partial charge in [-0.2, -0.15) is 0 Å². The number of aromatic nitrogens is 2. The van der Waals surface area contributed by atoms with Crippen LogP contribution in [0.1, 0.15) is 37.5 Å². The zero-order valence-corrected chi connectivity index (χ0v) is 15.2. The standard InChI is InChI=1S/C21H20N4O2/c1-14-3-4-15(2)18(11-14)25-20(26)17-7-10-23-19(12-17)21(27)24-13-16-5-8-22-9-6-16/h3-12H,13H2,1-2H3,(H,24,27)(H,25,26). The molecule has 3 aromatic rings. The van der Waals surface area contributed by atoms with Crippen molar-refractivity contribution in [3.05, 3.63) is 89.0 Å². The molecule has 0 spiro atoms. The van der Waals surface area contributed by atoms with Gasteiger partial charge in [0.25, 0.3) is 11.8 Å². The average molecular weight is 360 g/mol. The van der Waals surface area contributed by atoms with E-state index in [0.29, 0.717) is 12.1 Å². The molecule has 2 N–H and O–H groups in total. The van der Waals surface area contributed by atoms with E-state index in [1.165, 1.54) is 12.3 Å². The van der Waals surface area contributed by atoms with Gasteiger partial charge in [-0.1, -0.05) is 12.1 Å². The number of nitrogens with one attached hydrogen (secondary N) is 2. The Morgan fingerprint density at radius 3 is 2.48 bits per heavy atom. The first-order valence-electron chi connectivity index (χ1n) is 8.54. The fourth-order valence-electron chi connectivity index (χ4n) is 2.53. The van der Waals surface area contributed by atoms with Crippen molar-refractivity contribution in [1.29, 1.82) is 0 Å². The number of pyridine rings is 2. The van der Waals surface area contributed by atoms with E-state index >= 15 is 0 Å². The number of benzene rings is 1. The van der Waals surface area contributed by atoms with E-state index in [9.17, 15) is 9.59 Å². The van der Waals surface area contributed by atoms with E-state index < -0.39 is 0 Å². The Morgan fingerprint density at radius 1 is 0.926 bits per heavy atom. The molecule has 0 fully saturated rings. The second-order valence-corrected chi connectivity index (χ2v) is 6.24. The number of hydrogen-bond acceptors (Lipinski definition) is 4. The Hall–Kier alpha value is -3.54. The normalized spacial score (nSPS) is 10.3. The van der Waals surface area contributed by atoms with Crippen molar-refractivity contribution in [1.82, 2.24) is 15.3 Å². The second-order valence-electron chi connectivity index (χ2n) is 6.24. The number of amides is 2. The van der Waals surface area contributed by atoms with Crippen molar-refractivity contribution in [3.8, 4) is 0 Å². The quantitative estimate of drug-likeness (QED) is 0.731. The maximum absolute atomic E-state index is 12.6. The SMILES string of the molecule is Cc1ccc(C)c(NC(=O)c2ccnc(C(=O)NCc3ccncc3)c2)c1. The third-order valence-electron chi connectivity index (χ3n) is 4.10. The Kier molecular flexibility index (Phi) is 5.56. The van der Waals surface area contributed by atoms with E-state index in [4.69, 9.17) is 0 Å². The first-order valence-corrected chi connectivity index (χ1v) is 8.54. The van der Waals surface area contributed by atoms with Crippen LogP contribution in [-0.2, 0) is 6.54 Å². The fourth-order valence-corrected chi connectivity index (χ4v) is 2.53. The summed E-state index contributed by atoms with van der Waals surface area (Å²) >= 11 is 0. The molecule has 6 heteroatoms. The van der Waals surface area contributed by atoms with E-state index in [2.05, 4.69) is 20.6 Å². The molecule has 0 atom stereocenters. The number of hydrogen-bond donors (Lipinski definition) is 2. The number of rotatable bonds is 5. The maximum atomic E-state index is 12.6. The highest BCUT2D eigenvalue weighted by molar-refractivity contribution is 6.06. The van der Waals surface area contributed by atoms with Crippen LogP contribution in [-0.4, -0.2) is 21.8 Å². The van der Waals surface area contributed by atoms with Crippen molar-refractivity contribution in [2.45, 2.75) is 20.4 Å². The minimum Gasteiger partial charge on any atom is -0.347 e. The Balaban J connectivity index is 1.69. The Labute approximate surface area is 157 Å². The van der Waals surface area contributed by atoms with Crippen LogP contribution in [0.2, 0.25) is 0 Å². The minimum absolute atomic E-state index is 0.192. The van der Waals surface area contributed by atoms with Gasteiger partial charge in [-0.25, -0.2) is 0 Å². The first-order chi connectivity index (χ1) is 13.0. The average Bonchev–Trinajstić information content (AvgIpc) is 2.69. The Bertz CT molecular complexity index is 971. The van der Waals surface area contributed by atoms with Gasteiger partial charge in [0.15, 0.2) is 0 Å². The maximum Gasteiger partial charge on any atom is 0.270 e. The fraction of sp³-hybridized carbons (Fsp3) is 0.143. The van der Waals surface area contributed by atoms with Gasteiger partial charge in [0, 0.05) is 36.4 Å². The third kappa shape index (κ3) is 4.76. The van der Waals surface area contributed by atoms with Crippen LogP contribution in [0.3, 0.4) is 0 Å². The summed E-state index contributed by atoms with van der Waals surface area (Å²) in [6.45, 7) is 4.26. The highest BCUT2D eigenvalue weighted by atomic mass is 16.2. The van der Waals surface area contributed by atoms with Gasteiger partial charge in [-0.15, -0.1) is 0 Å². The van der Waals surface area contributed by atoms with Crippen molar-refractivity contribution < 1.29 is 9.59 Å². The predicted molar refractivity (Wildman–Crippen MR) is 104 cm³/mol. The van der Waals surface area contributed by atoms with Crippen LogP contribution in [0.4, 0.5) is 5.69 Å². The predicted octanol–water partition coefficient (Wildman–Crippen LogP) is 3.28. The molecular formula is C21H20N4O2. The van der Waals surface area contributed by atoms with Gasteiger partial charge in [0.2, 0.25) is 0 Å². The summed E-state index contributed by atoms with van der Waals surface area (Å²) in [4.78, 5) is 32.9. The van der Waals surface area contributed by atoms with Crippen LogP contribution in [0.5, 0.6) is 0 Å². The van der Waals surface area contributed by atoms with Gasteiger partial charge >= 0.3 is 0 Å². The summed E-state index contributed by atoms with van der Waals surface area (Å²) in [5.41, 5.74) is 4.28. The van der Waals surface area contributed by atoms with Gasteiger partial charge < -0.3 is 10.6 Å². The molecule has 0 saturated heterocycles. The molecule has 136 valence electrons. The summed E-state index contributed by atoms with van der Waals surface area (Å²) in [5.74, 6) is -0.623. The van der Waals surface area contributed by atoms with Gasteiger partial charge in [0.05, 0.1) is 0 Å². The number of aryl methyl sites for hydroxylation is 2. The molecule has 6 nitrogen and oxygen atoms in total. The topological polar surface area (TPSA) is 84.0 Å². The van der Waals surface area contributed by atoms with Gasteiger partial charge in [-0.05, 0) is 60.9 Å². The molecule has 0 saturated carbocycles. The van der Waals surface area contributed by atoms with Crippen LogP contribution < -0.4 is 10.6 Å². The van der Waals surface area contributed by atoms with E-state index in [-0.39, 0.29) is 17.5 Å². The summed E-state index contributed by atoms with van der Waals surface area (Å²) in [7, 11) is 0. The molecule has 3 rings (SSSR count). The molecule has 27 heavy (non-hydrogen) atoms. The molecule has 0 unspecified atom stereocenters. The number of nitrogens with zero attached hydrogens (tertiary/aromatic N) is 2. The van der Waals surface area contributed by atoms with Gasteiger partial charge in [-0.3, -0.25) is 19.6 Å². The summed E-state index contributed by atoms with van der Waals surface area (Å²) in [6.07, 6.45) is 4.79. The molecule has 2 amide bonds. The minimum atomic E-state index is -0.340. The summed E-state index contributed by atoms with van der Waals surface area (Å²) in [5, 5.41) is 5.67. The van der Waals surface area contributed by atoms with E-state index in [1.54, 1.807) is 18.5 Å². The van der Waals surface area contributed by atoms with E-state index in [0.717, 1.165) is 22.4 Å². The third-order valence-corrected chi connectivity index (χ3v) is 4.10. The molecule has 0 aliphatic heterocycles. The number of carbonyl (C=O) groups is 2. The lowest BCUT2D eigenvalue weighted by atomic mass is 10.1. The molecule has 2 aromatic heterocycles. The summed E-state index contributed by atoms with van der Waals surface area (Å²) in [6, 6.07) is 12.6. The zero-order chi connectivity index (χ0) is 19.2. The lowest BCUT2D eigenvalue weighted by molar-refractivity contribution is 0.0946. The smallest absolute Gasteiger partial charge is 0.270 e. The van der Waals surface area contributed by atoms with Gasteiger partial charge in [0.1, 0.15) is 5.69 Å². The van der Waals surface area contributed by atoms with Crippen LogP contribution in [0, 0.1) is 13.8 Å². The number of carbonyl (C=O) groups excluding carboxylic acids is 2. The van der Waals surface area contributed by atoms with Crippen LogP contribution >= 0.6 is 0 Å². The van der Waals surface area contributed by atoms with Crippen LogP contribution in [0.25, 0.3) is 0 Å². The van der Waals surface area contributed by atoms with E-state index in [1.807, 2.05) is 44.2 Å². The lowest BCUT2D eigenvalue weighted by Crippen LogP contribution is -2.24. The molecule has 2 heterocycles. The molecule has 1 aromatic carbocycles. The Morgan fingerprint density at radius 2 is 1.70 bits per heavy atom. The zero-order valence-electron chi connectivity index (χ0n) is 15.2.